The van der Waals surface area contributed by atoms with Crippen LogP contribution in [0.2, 0.25) is 15.1 Å². The van der Waals surface area contributed by atoms with Gasteiger partial charge in [-0.05, 0) is 47.7 Å². The Balaban J connectivity index is 1.84. The van der Waals surface area contributed by atoms with Crippen LogP contribution in [0.3, 0.4) is 0 Å². The van der Waals surface area contributed by atoms with Crippen LogP contribution in [0.4, 0.5) is 9.18 Å². The van der Waals surface area contributed by atoms with Crippen LogP contribution in [0.5, 0.6) is 5.75 Å². The van der Waals surface area contributed by atoms with Gasteiger partial charge in [0.05, 0.1) is 21.5 Å². The molecule has 0 aromatic heterocycles. The van der Waals surface area contributed by atoms with Crippen molar-refractivity contribution >= 4 is 69.8 Å². The zero-order valence-corrected chi connectivity index (χ0v) is 17.9. The summed E-state index contributed by atoms with van der Waals surface area (Å²) in [6, 6.07) is 6.89. The third-order valence-electron chi connectivity index (χ3n) is 3.91. The van der Waals surface area contributed by atoms with Crippen LogP contribution in [0.25, 0.3) is 6.08 Å². The van der Waals surface area contributed by atoms with Gasteiger partial charge in [0.15, 0.2) is 12.4 Å². The number of carbonyl (C=O) groups excluding carboxylic acids is 2. The van der Waals surface area contributed by atoms with E-state index in [1.807, 2.05) is 0 Å². The van der Waals surface area contributed by atoms with Crippen LogP contribution in [0, 0.1) is 5.82 Å². The second kappa shape index (κ2) is 9.26. The fourth-order valence-corrected chi connectivity index (χ4v) is 4.24. The number of benzene rings is 2. The minimum Gasteiger partial charge on any atom is -0.479 e. The number of nitrogens with zero attached hydrogens (tertiary/aromatic N) is 1. The number of halogens is 4. The molecule has 0 radical (unpaired) electrons. The van der Waals surface area contributed by atoms with E-state index in [0.29, 0.717) is 17.3 Å². The maximum atomic E-state index is 14.0. The second-order valence-electron chi connectivity index (χ2n) is 5.96. The number of ether oxygens (including phenoxy) is 1. The van der Waals surface area contributed by atoms with E-state index >= 15 is 0 Å². The topological polar surface area (TPSA) is 83.9 Å². The van der Waals surface area contributed by atoms with Gasteiger partial charge in [-0.2, -0.15) is 0 Å². The molecule has 0 bridgehead atoms. The van der Waals surface area contributed by atoms with Gasteiger partial charge in [-0.1, -0.05) is 40.9 Å². The minimum atomic E-state index is -1.20. The van der Waals surface area contributed by atoms with E-state index in [9.17, 15) is 18.8 Å². The summed E-state index contributed by atoms with van der Waals surface area (Å²) in [5.74, 6) is -2.46. The van der Waals surface area contributed by atoms with Gasteiger partial charge in [0.2, 0.25) is 0 Å². The lowest BCUT2D eigenvalue weighted by Crippen LogP contribution is -2.28. The Morgan fingerprint density at radius 1 is 1.17 bits per heavy atom. The standard InChI is InChI=1S/C19H11Cl3FNO5S/c20-11-2-1-3-14(23)10(11)7-24-18(27)15(30-19(24)28)6-9-4-12(21)17(13(22)5-9)29-8-16(25)26/h1-6H,7-8H2,(H,25,26)/b15-6-. The van der Waals surface area contributed by atoms with Gasteiger partial charge >= 0.3 is 5.97 Å². The van der Waals surface area contributed by atoms with E-state index in [1.165, 1.54) is 36.4 Å². The normalized spacial score (nSPS) is 15.2. The molecule has 1 N–H and O–H groups in total. The van der Waals surface area contributed by atoms with E-state index < -0.39 is 29.5 Å². The number of amides is 2. The van der Waals surface area contributed by atoms with E-state index in [-0.39, 0.29) is 37.8 Å². The molecule has 2 amide bonds. The molecule has 3 rings (SSSR count). The number of carboxylic acid groups (broad SMARTS) is 1. The van der Waals surface area contributed by atoms with Crippen molar-refractivity contribution in [1.29, 1.82) is 0 Å². The molecule has 156 valence electrons. The van der Waals surface area contributed by atoms with Gasteiger partial charge in [0, 0.05) is 10.6 Å². The summed E-state index contributed by atoms with van der Waals surface area (Å²) in [4.78, 5) is 36.5. The van der Waals surface area contributed by atoms with Crippen LogP contribution in [-0.4, -0.2) is 33.7 Å². The van der Waals surface area contributed by atoms with Crippen LogP contribution < -0.4 is 4.74 Å². The van der Waals surface area contributed by atoms with Crippen molar-refractivity contribution < 1.29 is 28.6 Å². The molecular formula is C19H11Cl3FNO5S. The Morgan fingerprint density at radius 3 is 2.43 bits per heavy atom. The molecule has 1 saturated heterocycles. The zero-order chi connectivity index (χ0) is 22.0. The fraction of sp³-hybridized carbons (Fsp3) is 0.105. The number of aliphatic carboxylic acids is 1. The van der Waals surface area contributed by atoms with E-state index in [1.54, 1.807) is 0 Å². The van der Waals surface area contributed by atoms with Crippen molar-refractivity contribution in [3.63, 3.8) is 0 Å². The quantitative estimate of drug-likeness (QED) is 0.539. The first-order chi connectivity index (χ1) is 14.2. The molecule has 0 unspecified atom stereocenters. The number of thioether (sulfide) groups is 1. The summed E-state index contributed by atoms with van der Waals surface area (Å²) in [6.45, 7) is -0.937. The Kier molecular flexibility index (Phi) is 6.92. The maximum absolute atomic E-state index is 14.0. The van der Waals surface area contributed by atoms with Crippen molar-refractivity contribution in [3.05, 3.63) is 67.2 Å². The highest BCUT2D eigenvalue weighted by Crippen LogP contribution is 2.38. The number of rotatable bonds is 6. The Morgan fingerprint density at radius 2 is 1.83 bits per heavy atom. The summed E-state index contributed by atoms with van der Waals surface area (Å²) >= 11 is 18.8. The van der Waals surface area contributed by atoms with Crippen LogP contribution >= 0.6 is 46.6 Å². The Bertz CT molecular complexity index is 1050. The first-order valence-corrected chi connectivity index (χ1v) is 10.1. The highest BCUT2D eigenvalue weighted by Gasteiger charge is 2.36. The highest BCUT2D eigenvalue weighted by molar-refractivity contribution is 8.18. The number of hydrogen-bond acceptors (Lipinski definition) is 5. The minimum absolute atomic E-state index is 0.0137. The SMILES string of the molecule is O=C(O)COc1c(Cl)cc(/C=C2\SC(=O)N(Cc3c(F)cccc3Cl)C2=O)cc1Cl. The first kappa shape index (κ1) is 22.4. The summed E-state index contributed by atoms with van der Waals surface area (Å²) in [5, 5.41) is 8.29. The molecule has 1 aliphatic rings. The maximum Gasteiger partial charge on any atom is 0.341 e. The summed E-state index contributed by atoms with van der Waals surface area (Å²) < 4.78 is 19.0. The van der Waals surface area contributed by atoms with E-state index in [2.05, 4.69) is 0 Å². The first-order valence-electron chi connectivity index (χ1n) is 8.19. The van der Waals surface area contributed by atoms with E-state index in [4.69, 9.17) is 44.6 Å². The molecule has 1 fully saturated rings. The zero-order valence-electron chi connectivity index (χ0n) is 14.8. The third kappa shape index (κ3) is 4.89. The molecular weight excluding hydrogens is 480 g/mol. The third-order valence-corrected chi connectivity index (χ3v) is 5.73. The number of imide groups is 1. The molecule has 0 aliphatic carbocycles. The van der Waals surface area contributed by atoms with Gasteiger partial charge in [0.1, 0.15) is 5.82 Å². The number of carbonyl (C=O) groups is 3. The highest BCUT2D eigenvalue weighted by atomic mass is 35.5. The lowest BCUT2D eigenvalue weighted by Gasteiger charge is -2.14. The largest absolute Gasteiger partial charge is 0.479 e. The molecule has 0 saturated carbocycles. The van der Waals surface area contributed by atoms with Gasteiger partial charge in [0.25, 0.3) is 11.1 Å². The molecule has 2 aromatic rings. The smallest absolute Gasteiger partial charge is 0.341 e. The molecule has 2 aromatic carbocycles. The van der Waals surface area contributed by atoms with Gasteiger partial charge in [-0.25, -0.2) is 9.18 Å². The Hall–Kier alpha value is -2.26. The molecule has 0 spiro atoms. The van der Waals surface area contributed by atoms with Crippen LogP contribution in [0.1, 0.15) is 11.1 Å². The monoisotopic (exact) mass is 489 g/mol. The number of carboxylic acids is 1. The summed E-state index contributed by atoms with van der Waals surface area (Å²) in [7, 11) is 0. The van der Waals surface area contributed by atoms with Crippen LogP contribution in [-0.2, 0) is 16.1 Å². The van der Waals surface area contributed by atoms with Crippen molar-refractivity contribution in [3.8, 4) is 5.75 Å². The summed E-state index contributed by atoms with van der Waals surface area (Å²) in [5.41, 5.74) is 0.427. The Labute approximate surface area is 189 Å². The molecule has 1 heterocycles. The fourth-order valence-electron chi connectivity index (χ4n) is 2.56. The molecule has 0 atom stereocenters. The van der Waals surface area contributed by atoms with Gasteiger partial charge in [-0.3, -0.25) is 14.5 Å². The predicted molar refractivity (Wildman–Crippen MR) is 113 cm³/mol. The summed E-state index contributed by atoms with van der Waals surface area (Å²) in [6.07, 6.45) is 1.40. The average Bonchev–Trinajstić information content (AvgIpc) is 2.91. The number of hydrogen-bond donors (Lipinski definition) is 1. The lowest BCUT2D eigenvalue weighted by atomic mass is 10.2. The van der Waals surface area contributed by atoms with Gasteiger partial charge < -0.3 is 9.84 Å². The van der Waals surface area contributed by atoms with Gasteiger partial charge in [-0.15, -0.1) is 0 Å². The molecule has 30 heavy (non-hydrogen) atoms. The van der Waals surface area contributed by atoms with Crippen molar-refractivity contribution in [1.82, 2.24) is 4.90 Å². The van der Waals surface area contributed by atoms with Crippen LogP contribution in [0.15, 0.2) is 35.2 Å². The molecule has 1 aliphatic heterocycles. The second-order valence-corrected chi connectivity index (χ2v) is 8.18. The van der Waals surface area contributed by atoms with Crippen molar-refractivity contribution in [2.45, 2.75) is 6.54 Å². The molecule has 6 nitrogen and oxygen atoms in total. The predicted octanol–water partition coefficient (Wildman–Crippen LogP) is 5.49. The molecule has 11 heteroatoms. The van der Waals surface area contributed by atoms with Crippen molar-refractivity contribution in [2.75, 3.05) is 6.61 Å². The average molecular weight is 491 g/mol. The van der Waals surface area contributed by atoms with Crippen molar-refractivity contribution in [2.24, 2.45) is 0 Å². The van der Waals surface area contributed by atoms with E-state index in [0.717, 1.165) is 4.90 Å². The lowest BCUT2D eigenvalue weighted by molar-refractivity contribution is -0.139.